The number of ether oxygens (including phenoxy) is 1. The molecule has 4 rings (SSSR count). The zero-order chi connectivity index (χ0) is 22.9. The summed E-state index contributed by atoms with van der Waals surface area (Å²) in [4.78, 5) is 38.4. The van der Waals surface area contributed by atoms with Gasteiger partial charge in [-0.1, -0.05) is 24.3 Å². The fraction of sp³-hybridized carbons (Fsp3) is 0.625. The van der Waals surface area contributed by atoms with E-state index in [-0.39, 0.29) is 25.0 Å². The van der Waals surface area contributed by atoms with E-state index in [0.29, 0.717) is 13.2 Å². The first kappa shape index (κ1) is 24.0. The average molecular weight is 446 g/mol. The topological polar surface area (TPSA) is 90.4 Å². The predicted molar refractivity (Wildman–Crippen MR) is 120 cm³/mol. The van der Waals surface area contributed by atoms with Crippen molar-refractivity contribution in [2.75, 3.05) is 45.9 Å². The first-order valence-corrected chi connectivity index (χ1v) is 11.6. The summed E-state index contributed by atoms with van der Waals surface area (Å²) in [7, 11) is 0. The molecule has 1 N–H and O–H groups in total. The lowest BCUT2D eigenvalue weighted by Crippen LogP contribution is -2.46. The van der Waals surface area contributed by atoms with Gasteiger partial charge in [0.25, 0.3) is 6.47 Å². The summed E-state index contributed by atoms with van der Waals surface area (Å²) in [6.07, 6.45) is 4.37. The van der Waals surface area contributed by atoms with Crippen molar-refractivity contribution < 1.29 is 24.2 Å². The van der Waals surface area contributed by atoms with Gasteiger partial charge in [0.15, 0.2) is 0 Å². The minimum Gasteiger partial charge on any atom is -0.483 e. The fourth-order valence-electron chi connectivity index (χ4n) is 5.06. The first-order chi connectivity index (χ1) is 15.5. The lowest BCUT2D eigenvalue weighted by Gasteiger charge is -2.40. The van der Waals surface area contributed by atoms with Crippen LogP contribution in [0.25, 0.3) is 0 Å². The van der Waals surface area contributed by atoms with Crippen molar-refractivity contribution >= 4 is 18.5 Å². The van der Waals surface area contributed by atoms with E-state index in [1.807, 2.05) is 4.90 Å². The van der Waals surface area contributed by atoms with Gasteiger partial charge >= 0.3 is 6.09 Å². The van der Waals surface area contributed by atoms with Crippen LogP contribution in [-0.4, -0.2) is 84.2 Å². The number of rotatable bonds is 5. The monoisotopic (exact) mass is 445 g/mol. The molecule has 0 spiro atoms. The molecule has 176 valence electrons. The molecule has 1 aromatic carbocycles. The summed E-state index contributed by atoms with van der Waals surface area (Å²) < 4.78 is 4.91. The highest BCUT2D eigenvalue weighted by Crippen LogP contribution is 2.33. The number of hydrogen-bond donors (Lipinski definition) is 1. The van der Waals surface area contributed by atoms with Crippen molar-refractivity contribution in [2.24, 2.45) is 11.8 Å². The van der Waals surface area contributed by atoms with Crippen molar-refractivity contribution in [1.29, 1.82) is 0 Å². The molecule has 8 heteroatoms. The van der Waals surface area contributed by atoms with Gasteiger partial charge in [0.05, 0.1) is 6.54 Å². The Balaban J connectivity index is 0.000000913. The number of carbonyl (C=O) groups is 3. The molecular formula is C24H35N3O5. The van der Waals surface area contributed by atoms with E-state index in [2.05, 4.69) is 36.1 Å². The van der Waals surface area contributed by atoms with Crippen LogP contribution in [0.4, 0.5) is 4.79 Å². The van der Waals surface area contributed by atoms with Crippen LogP contribution in [0, 0.1) is 18.8 Å². The number of carbonyl (C=O) groups excluding carboxylic acids is 2. The summed E-state index contributed by atoms with van der Waals surface area (Å²) >= 11 is 0. The van der Waals surface area contributed by atoms with Crippen LogP contribution in [0.5, 0.6) is 0 Å². The molecule has 1 aromatic rings. The molecule has 0 saturated carbocycles. The largest absolute Gasteiger partial charge is 0.483 e. The molecule has 0 aromatic heterocycles. The molecule has 0 unspecified atom stereocenters. The van der Waals surface area contributed by atoms with Crippen LogP contribution in [-0.2, 0) is 20.9 Å². The van der Waals surface area contributed by atoms with E-state index in [0.717, 1.165) is 44.3 Å². The maximum absolute atomic E-state index is 12.5. The highest BCUT2D eigenvalue weighted by molar-refractivity contribution is 5.83. The maximum atomic E-state index is 12.5. The van der Waals surface area contributed by atoms with Crippen molar-refractivity contribution in [3.63, 3.8) is 0 Å². The molecule has 0 atom stereocenters. The van der Waals surface area contributed by atoms with Gasteiger partial charge < -0.3 is 14.7 Å². The van der Waals surface area contributed by atoms with E-state index < -0.39 is 0 Å². The second-order valence-corrected chi connectivity index (χ2v) is 8.90. The summed E-state index contributed by atoms with van der Waals surface area (Å²) in [6, 6.07) is 8.69. The molecule has 0 aliphatic carbocycles. The first-order valence-electron chi connectivity index (χ1n) is 11.6. The molecule has 3 aliphatic rings. The Bertz CT molecular complexity index is 771. The number of aryl methyl sites for hydroxylation is 1. The Morgan fingerprint density at radius 3 is 2.22 bits per heavy atom. The zero-order valence-electron chi connectivity index (χ0n) is 18.9. The second-order valence-electron chi connectivity index (χ2n) is 8.90. The number of cyclic esters (lactones) is 1. The Labute approximate surface area is 190 Å². The van der Waals surface area contributed by atoms with E-state index in [4.69, 9.17) is 14.6 Å². The number of amides is 2. The van der Waals surface area contributed by atoms with Crippen molar-refractivity contribution in [1.82, 2.24) is 14.7 Å². The van der Waals surface area contributed by atoms with Gasteiger partial charge in [-0.15, -0.1) is 0 Å². The van der Waals surface area contributed by atoms with Crippen LogP contribution in [0.3, 0.4) is 0 Å². The zero-order valence-corrected chi connectivity index (χ0v) is 18.9. The predicted octanol–water partition coefficient (Wildman–Crippen LogP) is 2.60. The van der Waals surface area contributed by atoms with Crippen LogP contribution >= 0.6 is 0 Å². The number of likely N-dealkylation sites (tertiary alicyclic amines) is 2. The molecule has 3 aliphatic heterocycles. The van der Waals surface area contributed by atoms with Gasteiger partial charge in [-0.25, -0.2) is 4.79 Å². The Morgan fingerprint density at radius 2 is 1.66 bits per heavy atom. The molecule has 32 heavy (non-hydrogen) atoms. The molecular weight excluding hydrogens is 410 g/mol. The van der Waals surface area contributed by atoms with E-state index in [1.165, 1.54) is 42.0 Å². The van der Waals surface area contributed by atoms with Gasteiger partial charge in [0, 0.05) is 19.6 Å². The Hall–Kier alpha value is -2.61. The lowest BCUT2D eigenvalue weighted by atomic mass is 9.78. The minimum atomic E-state index is -0.356. The standard InChI is InChI=1S/C23H33N3O3.CH2O2/c1-18-4-2-3-5-21(18)16-24-10-6-19(7-11-24)20-8-12-25(13-9-20)22(27)17-26-14-15-29-23(26)28;2-1-3/h2-5,19-20H,6-17H2,1H3;1H,(H,2,3). The van der Waals surface area contributed by atoms with Gasteiger partial charge in [-0.3, -0.25) is 19.4 Å². The molecule has 8 nitrogen and oxygen atoms in total. The normalized spacial score (nSPS) is 20.5. The quantitative estimate of drug-likeness (QED) is 0.701. The van der Waals surface area contributed by atoms with Crippen LogP contribution in [0.15, 0.2) is 24.3 Å². The Morgan fingerprint density at radius 1 is 1.06 bits per heavy atom. The lowest BCUT2D eigenvalue weighted by molar-refractivity contribution is -0.133. The average Bonchev–Trinajstić information content (AvgIpc) is 3.21. The van der Waals surface area contributed by atoms with Crippen LogP contribution < -0.4 is 0 Å². The number of benzene rings is 1. The van der Waals surface area contributed by atoms with E-state index in [9.17, 15) is 9.59 Å². The number of nitrogens with zero attached hydrogens (tertiary/aromatic N) is 3. The van der Waals surface area contributed by atoms with E-state index >= 15 is 0 Å². The van der Waals surface area contributed by atoms with Crippen molar-refractivity contribution in [3.8, 4) is 0 Å². The molecule has 3 saturated heterocycles. The second kappa shape index (κ2) is 11.9. The van der Waals surface area contributed by atoms with Gasteiger partial charge in [0.2, 0.25) is 5.91 Å². The summed E-state index contributed by atoms with van der Waals surface area (Å²) in [5.41, 5.74) is 2.83. The summed E-state index contributed by atoms with van der Waals surface area (Å²) in [5.74, 6) is 1.58. The van der Waals surface area contributed by atoms with Gasteiger partial charge in [-0.2, -0.15) is 0 Å². The molecule has 3 fully saturated rings. The van der Waals surface area contributed by atoms with E-state index in [1.54, 1.807) is 0 Å². The smallest absolute Gasteiger partial charge is 0.410 e. The van der Waals surface area contributed by atoms with Crippen molar-refractivity contribution in [2.45, 2.75) is 39.2 Å². The minimum absolute atomic E-state index is 0.0651. The van der Waals surface area contributed by atoms with Gasteiger partial charge in [0.1, 0.15) is 13.2 Å². The highest BCUT2D eigenvalue weighted by atomic mass is 16.6. The maximum Gasteiger partial charge on any atom is 0.410 e. The highest BCUT2D eigenvalue weighted by Gasteiger charge is 2.32. The van der Waals surface area contributed by atoms with Crippen LogP contribution in [0.2, 0.25) is 0 Å². The fourth-order valence-corrected chi connectivity index (χ4v) is 5.06. The number of carboxylic acid groups (broad SMARTS) is 1. The Kier molecular flexibility index (Phi) is 8.90. The third-order valence-electron chi connectivity index (χ3n) is 7.02. The third kappa shape index (κ3) is 6.45. The summed E-state index contributed by atoms with van der Waals surface area (Å²) in [6.45, 7) is 8.12. The summed E-state index contributed by atoms with van der Waals surface area (Å²) in [5, 5.41) is 6.89. The molecule has 3 heterocycles. The van der Waals surface area contributed by atoms with Crippen molar-refractivity contribution in [3.05, 3.63) is 35.4 Å². The SMILES string of the molecule is Cc1ccccc1CN1CCC(C2CCN(C(=O)CN3CCOC3=O)CC2)CC1.O=CO. The number of piperidine rings is 2. The molecule has 0 radical (unpaired) electrons. The molecule has 2 amide bonds. The molecule has 0 bridgehead atoms. The van der Waals surface area contributed by atoms with Crippen LogP contribution in [0.1, 0.15) is 36.8 Å². The number of hydrogen-bond acceptors (Lipinski definition) is 5. The third-order valence-corrected chi connectivity index (χ3v) is 7.02. The van der Waals surface area contributed by atoms with Gasteiger partial charge in [-0.05, 0) is 68.7 Å².